The molecule has 0 bridgehead atoms. The number of thiophene rings is 1. The summed E-state index contributed by atoms with van der Waals surface area (Å²) in [5, 5.41) is 10.0. The SMILES string of the molecule is Cc1sc2cc(C(F)(F)F)ccc2c1CCC[C@](C)(N)CO. The van der Waals surface area contributed by atoms with Crippen LogP contribution in [0.4, 0.5) is 13.2 Å². The van der Waals surface area contributed by atoms with Crippen LogP contribution in [-0.4, -0.2) is 17.3 Å². The molecule has 1 heterocycles. The van der Waals surface area contributed by atoms with Gasteiger partial charge in [-0.2, -0.15) is 13.2 Å². The van der Waals surface area contributed by atoms with Crippen LogP contribution in [0.5, 0.6) is 0 Å². The summed E-state index contributed by atoms with van der Waals surface area (Å²) in [6.07, 6.45) is -2.10. The lowest BCUT2D eigenvalue weighted by atomic mass is 9.94. The van der Waals surface area contributed by atoms with Gasteiger partial charge in [-0.15, -0.1) is 11.3 Å². The van der Waals surface area contributed by atoms with Crippen LogP contribution in [-0.2, 0) is 12.6 Å². The van der Waals surface area contributed by atoms with Gasteiger partial charge in [-0.1, -0.05) is 6.07 Å². The topological polar surface area (TPSA) is 46.2 Å². The molecule has 0 aliphatic heterocycles. The Morgan fingerprint density at radius 2 is 1.95 bits per heavy atom. The number of hydrogen-bond acceptors (Lipinski definition) is 3. The van der Waals surface area contributed by atoms with Crippen molar-refractivity contribution < 1.29 is 18.3 Å². The maximum absolute atomic E-state index is 12.8. The second-order valence-corrected chi connectivity index (χ2v) is 7.27. The molecule has 22 heavy (non-hydrogen) atoms. The monoisotopic (exact) mass is 331 g/mol. The second-order valence-electron chi connectivity index (χ2n) is 6.01. The first kappa shape index (κ1) is 17.2. The van der Waals surface area contributed by atoms with E-state index >= 15 is 0 Å². The maximum atomic E-state index is 12.8. The molecule has 2 nitrogen and oxygen atoms in total. The van der Waals surface area contributed by atoms with Crippen LogP contribution in [0.3, 0.4) is 0 Å². The summed E-state index contributed by atoms with van der Waals surface area (Å²) in [6, 6.07) is 3.92. The number of hydrogen-bond donors (Lipinski definition) is 2. The standard InChI is InChI=1S/C16H20F3NOS/c1-10-12(4-3-7-15(2,20)9-21)13-6-5-11(16(17,18)19)8-14(13)22-10/h5-6,8,21H,3-4,7,9,20H2,1-2H3/t15-/m0/s1. The van der Waals surface area contributed by atoms with E-state index in [1.807, 2.05) is 6.92 Å². The molecule has 0 saturated heterocycles. The molecule has 3 N–H and O–H groups in total. The van der Waals surface area contributed by atoms with Crippen LogP contribution >= 0.6 is 11.3 Å². The van der Waals surface area contributed by atoms with Gasteiger partial charge >= 0.3 is 6.18 Å². The fourth-order valence-corrected chi connectivity index (χ4v) is 3.66. The van der Waals surface area contributed by atoms with Gasteiger partial charge in [0.15, 0.2) is 0 Å². The minimum Gasteiger partial charge on any atom is -0.394 e. The Labute approximate surface area is 131 Å². The molecular weight excluding hydrogens is 311 g/mol. The zero-order chi connectivity index (χ0) is 16.5. The Kier molecular flexibility index (Phi) is 4.84. The van der Waals surface area contributed by atoms with Crippen molar-refractivity contribution >= 4 is 21.4 Å². The predicted octanol–water partition coefficient (Wildman–Crippen LogP) is 4.26. The summed E-state index contributed by atoms with van der Waals surface area (Å²) in [5.41, 5.74) is 5.77. The fourth-order valence-electron chi connectivity index (χ4n) is 2.51. The van der Waals surface area contributed by atoms with Gasteiger partial charge in [-0.3, -0.25) is 0 Å². The quantitative estimate of drug-likeness (QED) is 0.860. The van der Waals surface area contributed by atoms with E-state index in [2.05, 4.69) is 0 Å². The molecule has 0 radical (unpaired) electrons. The van der Waals surface area contributed by atoms with Crippen LogP contribution in [0, 0.1) is 6.92 Å². The lowest BCUT2D eigenvalue weighted by Crippen LogP contribution is -2.40. The van der Waals surface area contributed by atoms with Gasteiger partial charge in [0.25, 0.3) is 0 Å². The highest BCUT2D eigenvalue weighted by Crippen LogP contribution is 2.37. The Morgan fingerprint density at radius 1 is 1.27 bits per heavy atom. The summed E-state index contributed by atoms with van der Waals surface area (Å²) in [4.78, 5) is 1.04. The van der Waals surface area contributed by atoms with Crippen LogP contribution < -0.4 is 5.73 Å². The van der Waals surface area contributed by atoms with Crippen molar-refractivity contribution in [3.8, 4) is 0 Å². The summed E-state index contributed by atoms with van der Waals surface area (Å²) >= 11 is 1.39. The van der Waals surface area contributed by atoms with Gasteiger partial charge in [-0.25, -0.2) is 0 Å². The molecule has 2 aromatic rings. The van der Waals surface area contributed by atoms with Crippen molar-refractivity contribution in [1.29, 1.82) is 0 Å². The normalized spacial score (nSPS) is 15.2. The summed E-state index contributed by atoms with van der Waals surface area (Å²) in [7, 11) is 0. The molecule has 1 atom stereocenters. The van der Waals surface area contributed by atoms with Crippen LogP contribution in [0.25, 0.3) is 10.1 Å². The van der Waals surface area contributed by atoms with Gasteiger partial charge in [0.05, 0.1) is 12.2 Å². The van der Waals surface area contributed by atoms with Gasteiger partial charge < -0.3 is 10.8 Å². The zero-order valence-electron chi connectivity index (χ0n) is 12.6. The van der Waals surface area contributed by atoms with Gasteiger partial charge in [0.2, 0.25) is 0 Å². The number of benzene rings is 1. The Morgan fingerprint density at radius 3 is 2.55 bits per heavy atom. The van der Waals surface area contributed by atoms with E-state index in [4.69, 9.17) is 10.8 Å². The van der Waals surface area contributed by atoms with E-state index in [1.54, 1.807) is 13.0 Å². The second kappa shape index (κ2) is 6.18. The first-order valence-electron chi connectivity index (χ1n) is 7.13. The Bertz CT molecular complexity index is 661. The molecule has 0 spiro atoms. The molecule has 0 saturated carbocycles. The highest BCUT2D eigenvalue weighted by atomic mass is 32.1. The number of nitrogens with two attached hydrogens (primary N) is 1. The van der Waals surface area contributed by atoms with Gasteiger partial charge in [-0.05, 0) is 56.2 Å². The summed E-state index contributed by atoms with van der Waals surface area (Å²) in [6.45, 7) is 3.65. The molecule has 2 rings (SSSR count). The van der Waals surface area contributed by atoms with Crippen molar-refractivity contribution in [2.45, 2.75) is 44.8 Å². The molecule has 0 amide bonds. The Balaban J connectivity index is 2.22. The lowest BCUT2D eigenvalue weighted by molar-refractivity contribution is -0.137. The average molecular weight is 331 g/mol. The summed E-state index contributed by atoms with van der Waals surface area (Å²) in [5.74, 6) is 0. The van der Waals surface area contributed by atoms with Gasteiger partial charge in [0.1, 0.15) is 0 Å². The fraction of sp³-hybridized carbons (Fsp3) is 0.500. The number of fused-ring (bicyclic) bond motifs is 1. The van der Waals surface area contributed by atoms with Crippen LogP contribution in [0.15, 0.2) is 18.2 Å². The number of aliphatic hydroxyl groups is 1. The number of halogens is 3. The molecule has 0 unspecified atom stereocenters. The molecule has 0 fully saturated rings. The first-order valence-corrected chi connectivity index (χ1v) is 7.95. The number of aliphatic hydroxyl groups excluding tert-OH is 1. The molecule has 6 heteroatoms. The predicted molar refractivity (Wildman–Crippen MR) is 84.2 cm³/mol. The molecule has 122 valence electrons. The van der Waals surface area contributed by atoms with E-state index < -0.39 is 17.3 Å². The van der Waals surface area contributed by atoms with E-state index in [0.717, 1.165) is 34.7 Å². The highest BCUT2D eigenvalue weighted by molar-refractivity contribution is 7.19. The number of rotatable bonds is 5. The third kappa shape index (κ3) is 3.80. The van der Waals surface area contributed by atoms with Crippen LogP contribution in [0.2, 0.25) is 0 Å². The van der Waals surface area contributed by atoms with E-state index in [9.17, 15) is 13.2 Å². The average Bonchev–Trinajstić information content (AvgIpc) is 2.73. The molecule has 0 aliphatic rings. The third-order valence-electron chi connectivity index (χ3n) is 3.86. The van der Waals surface area contributed by atoms with Crippen molar-refractivity contribution in [3.63, 3.8) is 0 Å². The van der Waals surface area contributed by atoms with E-state index in [1.165, 1.54) is 17.4 Å². The summed E-state index contributed by atoms with van der Waals surface area (Å²) < 4.78 is 39.0. The lowest BCUT2D eigenvalue weighted by Gasteiger charge is -2.21. The smallest absolute Gasteiger partial charge is 0.394 e. The Hall–Kier alpha value is -1.11. The maximum Gasteiger partial charge on any atom is 0.416 e. The van der Waals surface area contributed by atoms with Crippen molar-refractivity contribution in [2.24, 2.45) is 5.73 Å². The molecule has 1 aromatic heterocycles. The van der Waals surface area contributed by atoms with E-state index in [-0.39, 0.29) is 6.61 Å². The highest BCUT2D eigenvalue weighted by Gasteiger charge is 2.30. The van der Waals surface area contributed by atoms with Crippen molar-refractivity contribution in [2.75, 3.05) is 6.61 Å². The first-order chi connectivity index (χ1) is 10.1. The number of aryl methyl sites for hydroxylation is 2. The molecular formula is C16H20F3NOS. The van der Waals surface area contributed by atoms with E-state index in [0.29, 0.717) is 11.1 Å². The largest absolute Gasteiger partial charge is 0.416 e. The number of alkyl halides is 3. The minimum atomic E-state index is -4.31. The minimum absolute atomic E-state index is 0.0781. The zero-order valence-corrected chi connectivity index (χ0v) is 13.4. The van der Waals surface area contributed by atoms with Crippen molar-refractivity contribution in [3.05, 3.63) is 34.2 Å². The van der Waals surface area contributed by atoms with Crippen molar-refractivity contribution in [1.82, 2.24) is 0 Å². The van der Waals surface area contributed by atoms with Gasteiger partial charge in [0, 0.05) is 15.1 Å². The third-order valence-corrected chi connectivity index (χ3v) is 4.97. The molecule has 1 aromatic carbocycles. The van der Waals surface area contributed by atoms with Crippen LogP contribution in [0.1, 0.15) is 35.8 Å². The molecule has 0 aliphatic carbocycles.